The molecule has 0 aliphatic carbocycles. The molecule has 0 saturated carbocycles. The highest BCUT2D eigenvalue weighted by molar-refractivity contribution is 7.84. The lowest BCUT2D eigenvalue weighted by Crippen LogP contribution is -2.23. The molecule has 0 spiro atoms. The van der Waals surface area contributed by atoms with Crippen LogP contribution in [0.1, 0.15) is 41.0 Å². The summed E-state index contributed by atoms with van der Waals surface area (Å²) >= 11 is 0. The molecule has 0 aliphatic heterocycles. The molecular weight excluding hydrogens is 439 g/mol. The zero-order valence-electron chi connectivity index (χ0n) is 18.2. The molecule has 1 unspecified atom stereocenters. The predicted molar refractivity (Wildman–Crippen MR) is 118 cm³/mol. The number of alkyl halides is 3. The molecule has 1 atom stereocenters. The number of amides is 1. The largest absolute Gasteiger partial charge is 0.433 e. The summed E-state index contributed by atoms with van der Waals surface area (Å²) in [6, 6.07) is 10.7. The van der Waals surface area contributed by atoms with Crippen molar-refractivity contribution in [1.29, 1.82) is 0 Å². The van der Waals surface area contributed by atoms with Crippen LogP contribution in [0, 0.1) is 6.92 Å². The van der Waals surface area contributed by atoms with Gasteiger partial charge in [0.15, 0.2) is 0 Å². The molecule has 0 fully saturated rings. The number of aromatic nitrogens is 2. The SMILES string of the molecule is CC.Cc1ccc(-c2cc(C(=O)NCc3ccc(C(F)(F)F)nc3)cc(S(C)=O)c2)nc1. The van der Waals surface area contributed by atoms with E-state index in [0.717, 1.165) is 17.8 Å². The number of carbonyl (C=O) groups is 1. The van der Waals surface area contributed by atoms with E-state index in [0.29, 0.717) is 21.7 Å². The van der Waals surface area contributed by atoms with Gasteiger partial charge in [0.25, 0.3) is 5.91 Å². The van der Waals surface area contributed by atoms with E-state index in [1.54, 1.807) is 18.3 Å². The number of rotatable bonds is 5. The van der Waals surface area contributed by atoms with Crippen molar-refractivity contribution in [3.63, 3.8) is 0 Å². The van der Waals surface area contributed by atoms with Crippen LogP contribution in [0.15, 0.2) is 59.8 Å². The highest BCUT2D eigenvalue weighted by Crippen LogP contribution is 2.27. The van der Waals surface area contributed by atoms with E-state index in [-0.39, 0.29) is 12.1 Å². The quantitative estimate of drug-likeness (QED) is 0.567. The molecule has 3 aromatic rings. The van der Waals surface area contributed by atoms with Crippen LogP contribution < -0.4 is 5.32 Å². The molecule has 2 heterocycles. The van der Waals surface area contributed by atoms with E-state index < -0.39 is 28.6 Å². The maximum absolute atomic E-state index is 12.6. The third-order valence-corrected chi connectivity index (χ3v) is 5.18. The molecule has 9 heteroatoms. The predicted octanol–water partition coefficient (Wildman–Crippen LogP) is 5.16. The maximum atomic E-state index is 12.6. The number of halogens is 3. The molecule has 0 bridgehead atoms. The van der Waals surface area contributed by atoms with Crippen LogP contribution >= 0.6 is 0 Å². The van der Waals surface area contributed by atoms with Gasteiger partial charge >= 0.3 is 6.18 Å². The van der Waals surface area contributed by atoms with Crippen molar-refractivity contribution in [2.45, 2.75) is 38.4 Å². The van der Waals surface area contributed by atoms with Gasteiger partial charge in [-0.05, 0) is 48.4 Å². The molecule has 1 amide bonds. The first-order valence-electron chi connectivity index (χ1n) is 9.85. The average Bonchev–Trinajstić information content (AvgIpc) is 2.78. The number of pyridine rings is 2. The lowest BCUT2D eigenvalue weighted by Gasteiger charge is -2.10. The van der Waals surface area contributed by atoms with Gasteiger partial charge in [0.05, 0.1) is 5.69 Å². The molecule has 1 N–H and O–H groups in total. The average molecular weight is 464 g/mol. The van der Waals surface area contributed by atoms with Crippen LogP contribution in [0.5, 0.6) is 0 Å². The zero-order chi connectivity index (χ0) is 23.9. The number of nitrogens with zero attached hydrogens (tertiary/aromatic N) is 2. The Morgan fingerprint density at radius 2 is 1.75 bits per heavy atom. The zero-order valence-corrected chi connectivity index (χ0v) is 19.0. The van der Waals surface area contributed by atoms with E-state index in [2.05, 4.69) is 15.3 Å². The molecule has 5 nitrogen and oxygen atoms in total. The van der Waals surface area contributed by atoms with Crippen molar-refractivity contribution in [3.05, 3.63) is 77.2 Å². The van der Waals surface area contributed by atoms with Crippen LogP contribution in [0.25, 0.3) is 11.3 Å². The number of hydrogen-bond acceptors (Lipinski definition) is 4. The highest BCUT2D eigenvalue weighted by atomic mass is 32.2. The summed E-state index contributed by atoms with van der Waals surface area (Å²) in [5.74, 6) is -0.449. The number of benzene rings is 1. The van der Waals surface area contributed by atoms with Crippen molar-refractivity contribution >= 4 is 16.7 Å². The van der Waals surface area contributed by atoms with E-state index in [1.165, 1.54) is 18.4 Å². The minimum atomic E-state index is -4.52. The number of carbonyl (C=O) groups excluding carboxylic acids is 1. The molecule has 32 heavy (non-hydrogen) atoms. The van der Waals surface area contributed by atoms with Crippen LogP contribution in [0.4, 0.5) is 13.2 Å². The van der Waals surface area contributed by atoms with Gasteiger partial charge in [-0.1, -0.05) is 26.0 Å². The van der Waals surface area contributed by atoms with Gasteiger partial charge in [-0.25, -0.2) is 0 Å². The Morgan fingerprint density at radius 1 is 1.03 bits per heavy atom. The molecular formula is C23H24F3N3O2S. The second-order valence-electron chi connectivity index (χ2n) is 6.65. The van der Waals surface area contributed by atoms with Gasteiger partial charge in [-0.3, -0.25) is 19.0 Å². The van der Waals surface area contributed by atoms with Gasteiger partial charge < -0.3 is 5.32 Å². The van der Waals surface area contributed by atoms with E-state index in [9.17, 15) is 22.2 Å². The second kappa shape index (κ2) is 11.0. The van der Waals surface area contributed by atoms with Crippen molar-refractivity contribution in [3.8, 4) is 11.3 Å². The lowest BCUT2D eigenvalue weighted by molar-refractivity contribution is -0.141. The smallest absolute Gasteiger partial charge is 0.348 e. The third-order valence-electron chi connectivity index (χ3n) is 4.28. The monoisotopic (exact) mass is 463 g/mol. The molecule has 1 aromatic carbocycles. The van der Waals surface area contributed by atoms with Gasteiger partial charge in [0.2, 0.25) is 0 Å². The van der Waals surface area contributed by atoms with Gasteiger partial charge in [0.1, 0.15) is 5.69 Å². The van der Waals surface area contributed by atoms with Crippen LogP contribution in [0.2, 0.25) is 0 Å². The number of hydrogen-bond donors (Lipinski definition) is 1. The van der Waals surface area contributed by atoms with Crippen LogP contribution in [-0.4, -0.2) is 26.3 Å². The normalized spacial score (nSPS) is 11.8. The van der Waals surface area contributed by atoms with E-state index >= 15 is 0 Å². The number of nitrogens with one attached hydrogen (secondary N) is 1. The summed E-state index contributed by atoms with van der Waals surface area (Å²) in [6.07, 6.45) is -0.236. The minimum Gasteiger partial charge on any atom is -0.348 e. The van der Waals surface area contributed by atoms with E-state index in [1.807, 2.05) is 32.9 Å². The van der Waals surface area contributed by atoms with Gasteiger partial charge in [-0.15, -0.1) is 0 Å². The van der Waals surface area contributed by atoms with Gasteiger partial charge in [0, 0.05) is 52.0 Å². The fraction of sp³-hybridized carbons (Fsp3) is 0.261. The lowest BCUT2D eigenvalue weighted by atomic mass is 10.1. The number of aryl methyl sites for hydroxylation is 1. The second-order valence-corrected chi connectivity index (χ2v) is 8.03. The summed E-state index contributed by atoms with van der Waals surface area (Å²) in [6.45, 7) is 5.91. The van der Waals surface area contributed by atoms with E-state index in [4.69, 9.17) is 0 Å². The van der Waals surface area contributed by atoms with Crippen molar-refractivity contribution in [2.24, 2.45) is 0 Å². The first-order chi connectivity index (χ1) is 15.1. The van der Waals surface area contributed by atoms with Crippen LogP contribution in [0.3, 0.4) is 0 Å². The Bertz CT molecular complexity index is 1080. The standard InChI is InChI=1S/C21H18F3N3O2S.C2H6/c1-13-3-5-18(25-10-13)15-7-16(9-17(8-15)30(2)29)20(28)27-12-14-4-6-19(26-11-14)21(22,23)24;1-2/h3-11H,12H2,1-2H3,(H,27,28);1-2H3. The molecule has 0 aliphatic rings. The fourth-order valence-corrected chi connectivity index (χ4v) is 3.25. The molecule has 0 radical (unpaired) electrons. The maximum Gasteiger partial charge on any atom is 0.433 e. The topological polar surface area (TPSA) is 72.0 Å². The fourth-order valence-electron chi connectivity index (χ4n) is 2.66. The Morgan fingerprint density at radius 3 is 2.28 bits per heavy atom. The van der Waals surface area contributed by atoms with Gasteiger partial charge in [-0.2, -0.15) is 13.2 Å². The minimum absolute atomic E-state index is 0.00152. The van der Waals surface area contributed by atoms with Crippen molar-refractivity contribution < 1.29 is 22.2 Å². The summed E-state index contributed by atoms with van der Waals surface area (Å²) in [5.41, 5.74) is 1.97. The highest BCUT2D eigenvalue weighted by Gasteiger charge is 2.32. The van der Waals surface area contributed by atoms with Crippen LogP contribution in [-0.2, 0) is 23.5 Å². The van der Waals surface area contributed by atoms with Crippen molar-refractivity contribution in [1.82, 2.24) is 15.3 Å². The molecule has 0 saturated heterocycles. The van der Waals surface area contributed by atoms with Crippen molar-refractivity contribution in [2.75, 3.05) is 6.26 Å². The Kier molecular flexibility index (Phi) is 8.65. The summed E-state index contributed by atoms with van der Waals surface area (Å²) < 4.78 is 49.8. The molecule has 2 aromatic heterocycles. The summed E-state index contributed by atoms with van der Waals surface area (Å²) in [5, 5.41) is 2.65. The Hall–Kier alpha value is -3.07. The summed E-state index contributed by atoms with van der Waals surface area (Å²) in [7, 11) is -1.32. The first kappa shape index (κ1) is 25.2. The Labute approximate surface area is 187 Å². The molecule has 3 rings (SSSR count). The third kappa shape index (κ3) is 6.71. The Balaban J connectivity index is 0.00000176. The molecule has 170 valence electrons. The first-order valence-corrected chi connectivity index (χ1v) is 11.4. The summed E-state index contributed by atoms with van der Waals surface area (Å²) in [4.78, 5) is 20.8.